The summed E-state index contributed by atoms with van der Waals surface area (Å²) in [6.07, 6.45) is 2.11. The Morgan fingerprint density at radius 3 is 2.89 bits per heavy atom. The maximum atomic E-state index is 11.9. The zero-order valence-corrected chi connectivity index (χ0v) is 11.8. The minimum Gasteiger partial charge on any atom is -0.298 e. The lowest BCUT2D eigenvalue weighted by Gasteiger charge is -2.15. The molecule has 0 spiro atoms. The first-order valence-corrected chi connectivity index (χ1v) is 7.71. The molecule has 1 aromatic carbocycles. The molecule has 0 radical (unpaired) electrons. The summed E-state index contributed by atoms with van der Waals surface area (Å²) in [7, 11) is 0. The van der Waals surface area contributed by atoms with E-state index in [9.17, 15) is 4.79 Å². The van der Waals surface area contributed by atoms with Gasteiger partial charge in [-0.3, -0.25) is 9.69 Å². The number of likely N-dealkylation sites (tertiary alicyclic amines) is 1. The lowest BCUT2D eigenvalue weighted by atomic mass is 10.1. The summed E-state index contributed by atoms with van der Waals surface area (Å²) in [5.74, 6) is 1.22. The Bertz CT molecular complexity index is 379. The zero-order valence-electron chi connectivity index (χ0n) is 11.0. The van der Waals surface area contributed by atoms with Crippen molar-refractivity contribution in [3.63, 3.8) is 0 Å². The van der Waals surface area contributed by atoms with Crippen LogP contribution in [0.5, 0.6) is 0 Å². The fourth-order valence-electron chi connectivity index (χ4n) is 2.33. The van der Waals surface area contributed by atoms with Crippen LogP contribution in [-0.4, -0.2) is 28.9 Å². The number of carbonyl (C=O) groups excluding carboxylic acids is 1. The van der Waals surface area contributed by atoms with Crippen molar-refractivity contribution in [2.75, 3.05) is 18.8 Å². The number of nitrogens with zero attached hydrogens (tertiary/aromatic N) is 1. The van der Waals surface area contributed by atoms with Gasteiger partial charge in [-0.1, -0.05) is 49.0 Å². The maximum absolute atomic E-state index is 11.9. The summed E-state index contributed by atoms with van der Waals surface area (Å²) in [4.78, 5) is 14.3. The van der Waals surface area contributed by atoms with Gasteiger partial charge in [0.2, 0.25) is 0 Å². The van der Waals surface area contributed by atoms with E-state index in [1.165, 1.54) is 17.3 Å². The van der Waals surface area contributed by atoms with Crippen LogP contribution in [0.3, 0.4) is 0 Å². The van der Waals surface area contributed by atoms with Crippen molar-refractivity contribution in [2.45, 2.75) is 26.3 Å². The molecule has 0 bridgehead atoms. The number of benzene rings is 1. The van der Waals surface area contributed by atoms with E-state index in [2.05, 4.69) is 36.1 Å². The quantitative estimate of drug-likeness (QED) is 0.814. The molecule has 0 unspecified atom stereocenters. The van der Waals surface area contributed by atoms with Crippen LogP contribution in [0.2, 0.25) is 0 Å². The Hall–Kier alpha value is -0.800. The van der Waals surface area contributed by atoms with Crippen molar-refractivity contribution >= 4 is 16.9 Å². The summed E-state index contributed by atoms with van der Waals surface area (Å²) in [5, 5.41) is 0.396. The van der Waals surface area contributed by atoms with Gasteiger partial charge in [0.05, 0.1) is 0 Å². The molecule has 3 heteroatoms. The maximum Gasteiger partial charge on any atom is 0.193 e. The summed E-state index contributed by atoms with van der Waals surface area (Å²) in [6, 6.07) is 10.5. The third-order valence-electron chi connectivity index (χ3n) is 3.30. The monoisotopic (exact) mass is 263 g/mol. The van der Waals surface area contributed by atoms with Crippen molar-refractivity contribution in [3.8, 4) is 0 Å². The second kappa shape index (κ2) is 6.95. The van der Waals surface area contributed by atoms with Crippen molar-refractivity contribution in [1.29, 1.82) is 0 Å². The van der Waals surface area contributed by atoms with E-state index in [1.807, 2.05) is 6.07 Å². The Labute approximate surface area is 114 Å². The summed E-state index contributed by atoms with van der Waals surface area (Å²) < 4.78 is 0. The van der Waals surface area contributed by atoms with Crippen LogP contribution in [0.4, 0.5) is 0 Å². The van der Waals surface area contributed by atoms with Crippen molar-refractivity contribution in [2.24, 2.45) is 5.92 Å². The second-order valence-corrected chi connectivity index (χ2v) is 5.97. The first-order chi connectivity index (χ1) is 8.79. The average molecular weight is 263 g/mol. The predicted octanol–water partition coefficient (Wildman–Crippen LogP) is 3.18. The lowest BCUT2D eigenvalue weighted by molar-refractivity contribution is -0.114. The topological polar surface area (TPSA) is 20.3 Å². The Balaban J connectivity index is 1.80. The highest BCUT2D eigenvalue weighted by molar-refractivity contribution is 8.13. The third kappa shape index (κ3) is 3.85. The smallest absolute Gasteiger partial charge is 0.193 e. The largest absolute Gasteiger partial charge is 0.298 e. The first-order valence-electron chi connectivity index (χ1n) is 6.72. The standard InChI is InChI=1S/C15H21NOS/c1-2-10-18-15(17)14-8-9-16(12-14)11-13-6-4-3-5-7-13/h3-7,14H,2,8-12H2,1H3/t14-/m0/s1. The summed E-state index contributed by atoms with van der Waals surface area (Å²) in [6.45, 7) is 5.09. The van der Waals surface area contributed by atoms with Crippen LogP contribution in [0, 0.1) is 5.92 Å². The van der Waals surface area contributed by atoms with Gasteiger partial charge < -0.3 is 0 Å². The van der Waals surface area contributed by atoms with Gasteiger partial charge in [-0.25, -0.2) is 0 Å². The van der Waals surface area contributed by atoms with Crippen LogP contribution >= 0.6 is 11.8 Å². The molecule has 98 valence electrons. The SMILES string of the molecule is CCCSC(=O)[C@H]1CCN(Cc2ccccc2)C1. The molecule has 2 nitrogen and oxygen atoms in total. The van der Waals surface area contributed by atoms with Gasteiger partial charge in [0, 0.05) is 24.8 Å². The minimum atomic E-state index is 0.255. The predicted molar refractivity (Wildman–Crippen MR) is 77.6 cm³/mol. The van der Waals surface area contributed by atoms with E-state index in [0.717, 1.165) is 38.2 Å². The molecule has 1 aliphatic heterocycles. The Kier molecular flexibility index (Phi) is 5.26. The van der Waals surface area contributed by atoms with E-state index < -0.39 is 0 Å². The van der Waals surface area contributed by atoms with Gasteiger partial charge in [-0.15, -0.1) is 0 Å². The molecule has 0 aliphatic carbocycles. The molecule has 0 aromatic heterocycles. The molecule has 0 N–H and O–H groups in total. The van der Waals surface area contributed by atoms with Crippen LogP contribution in [0.1, 0.15) is 25.3 Å². The van der Waals surface area contributed by atoms with Gasteiger partial charge in [0.25, 0.3) is 0 Å². The van der Waals surface area contributed by atoms with Crippen molar-refractivity contribution in [1.82, 2.24) is 4.90 Å². The molecular weight excluding hydrogens is 242 g/mol. The highest BCUT2D eigenvalue weighted by Gasteiger charge is 2.27. The molecule has 18 heavy (non-hydrogen) atoms. The Morgan fingerprint density at radius 2 is 2.17 bits per heavy atom. The highest BCUT2D eigenvalue weighted by Crippen LogP contribution is 2.24. The molecule has 1 heterocycles. The molecule has 0 saturated carbocycles. The van der Waals surface area contributed by atoms with E-state index in [0.29, 0.717) is 5.12 Å². The van der Waals surface area contributed by atoms with E-state index in [-0.39, 0.29) is 5.92 Å². The summed E-state index contributed by atoms with van der Waals surface area (Å²) >= 11 is 1.52. The van der Waals surface area contributed by atoms with E-state index >= 15 is 0 Å². The fourth-order valence-corrected chi connectivity index (χ4v) is 3.16. The fraction of sp³-hybridized carbons (Fsp3) is 0.533. The van der Waals surface area contributed by atoms with E-state index in [4.69, 9.17) is 0 Å². The number of hydrogen-bond donors (Lipinski definition) is 0. The van der Waals surface area contributed by atoms with Crippen molar-refractivity contribution < 1.29 is 4.79 Å². The van der Waals surface area contributed by atoms with Crippen LogP contribution in [0.15, 0.2) is 30.3 Å². The minimum absolute atomic E-state index is 0.255. The molecule has 1 saturated heterocycles. The molecule has 1 fully saturated rings. The van der Waals surface area contributed by atoms with Gasteiger partial charge >= 0.3 is 0 Å². The van der Waals surface area contributed by atoms with Crippen molar-refractivity contribution in [3.05, 3.63) is 35.9 Å². The molecule has 1 aromatic rings. The number of carbonyl (C=O) groups is 1. The second-order valence-electron chi connectivity index (χ2n) is 4.87. The molecule has 2 rings (SSSR count). The third-order valence-corrected chi connectivity index (χ3v) is 4.53. The zero-order chi connectivity index (χ0) is 12.8. The van der Waals surface area contributed by atoms with Gasteiger partial charge in [0.1, 0.15) is 0 Å². The van der Waals surface area contributed by atoms with Gasteiger partial charge in [-0.05, 0) is 24.9 Å². The molecular formula is C15H21NOS. The normalized spacial score (nSPS) is 20.2. The van der Waals surface area contributed by atoms with Gasteiger partial charge in [-0.2, -0.15) is 0 Å². The highest BCUT2D eigenvalue weighted by atomic mass is 32.2. The van der Waals surface area contributed by atoms with E-state index in [1.54, 1.807) is 0 Å². The molecule has 1 atom stereocenters. The van der Waals surface area contributed by atoms with Crippen LogP contribution in [-0.2, 0) is 11.3 Å². The van der Waals surface area contributed by atoms with Crippen LogP contribution < -0.4 is 0 Å². The number of hydrogen-bond acceptors (Lipinski definition) is 3. The number of rotatable bonds is 5. The molecule has 0 amide bonds. The van der Waals surface area contributed by atoms with Crippen LogP contribution in [0.25, 0.3) is 0 Å². The lowest BCUT2D eigenvalue weighted by Crippen LogP contribution is -2.22. The summed E-state index contributed by atoms with van der Waals surface area (Å²) in [5.41, 5.74) is 1.34. The van der Waals surface area contributed by atoms with Gasteiger partial charge in [0.15, 0.2) is 5.12 Å². The molecule has 1 aliphatic rings. The first kappa shape index (κ1) is 13.6. The Morgan fingerprint density at radius 1 is 1.39 bits per heavy atom. The number of thioether (sulfide) groups is 1. The average Bonchev–Trinajstić information content (AvgIpc) is 2.86.